The van der Waals surface area contributed by atoms with Crippen LogP contribution in [0.2, 0.25) is 0 Å². The van der Waals surface area contributed by atoms with Crippen LogP contribution in [0.3, 0.4) is 0 Å². The van der Waals surface area contributed by atoms with Gasteiger partial charge in [0.25, 0.3) is 0 Å². The summed E-state index contributed by atoms with van der Waals surface area (Å²) in [5, 5.41) is 0. The van der Waals surface area contributed by atoms with Gasteiger partial charge in [0.05, 0.1) is 0 Å². The predicted octanol–water partition coefficient (Wildman–Crippen LogP) is 2.65. The van der Waals surface area contributed by atoms with Gasteiger partial charge in [-0.15, -0.1) is 0 Å². The summed E-state index contributed by atoms with van der Waals surface area (Å²) in [6.45, 7) is 6.51. The van der Waals surface area contributed by atoms with Gasteiger partial charge in [-0.05, 0) is 12.1 Å². The van der Waals surface area contributed by atoms with E-state index in [4.69, 9.17) is 9.47 Å². The third-order valence-electron chi connectivity index (χ3n) is 2.71. The summed E-state index contributed by atoms with van der Waals surface area (Å²) in [6, 6.07) is 7.18. The number of hydrogen-bond acceptors (Lipinski definition) is 3. The maximum Gasteiger partial charge on any atom is 0.342 e. The van der Waals surface area contributed by atoms with Gasteiger partial charge in [0.2, 0.25) is 0 Å². The van der Waals surface area contributed by atoms with Gasteiger partial charge in [-0.3, -0.25) is 0 Å². The fourth-order valence-corrected chi connectivity index (χ4v) is 1.58. The Morgan fingerprint density at radius 1 is 1.25 bits per heavy atom. The SMILES string of the molecule is CC(C)(C)C1COc2ccccc2C(=O)O1. The van der Waals surface area contributed by atoms with Crippen LogP contribution in [0, 0.1) is 5.41 Å². The zero-order chi connectivity index (χ0) is 11.8. The van der Waals surface area contributed by atoms with Gasteiger partial charge in [-0.1, -0.05) is 32.9 Å². The first-order valence-electron chi connectivity index (χ1n) is 5.41. The zero-order valence-corrected chi connectivity index (χ0v) is 9.82. The molecule has 1 unspecified atom stereocenters. The summed E-state index contributed by atoms with van der Waals surface area (Å²) in [7, 11) is 0. The largest absolute Gasteiger partial charge is 0.489 e. The Balaban J connectivity index is 2.29. The van der Waals surface area contributed by atoms with Crippen LogP contribution in [0.5, 0.6) is 5.75 Å². The van der Waals surface area contributed by atoms with E-state index in [1.807, 2.05) is 26.8 Å². The lowest BCUT2D eigenvalue weighted by Gasteiger charge is -2.28. The number of esters is 1. The second kappa shape index (κ2) is 3.81. The van der Waals surface area contributed by atoms with Crippen LogP contribution < -0.4 is 4.74 Å². The van der Waals surface area contributed by atoms with Crippen molar-refractivity contribution < 1.29 is 14.3 Å². The maximum atomic E-state index is 11.9. The predicted molar refractivity (Wildman–Crippen MR) is 60.6 cm³/mol. The zero-order valence-electron chi connectivity index (χ0n) is 9.82. The lowest BCUT2D eigenvalue weighted by Crippen LogP contribution is -2.35. The van der Waals surface area contributed by atoms with Crippen molar-refractivity contribution in [3.05, 3.63) is 29.8 Å². The van der Waals surface area contributed by atoms with Crippen molar-refractivity contribution in [1.82, 2.24) is 0 Å². The van der Waals surface area contributed by atoms with Gasteiger partial charge in [0.15, 0.2) is 0 Å². The van der Waals surface area contributed by atoms with Crippen molar-refractivity contribution in [2.75, 3.05) is 6.61 Å². The second-order valence-corrected chi connectivity index (χ2v) is 5.07. The third-order valence-corrected chi connectivity index (χ3v) is 2.71. The first kappa shape index (κ1) is 11.0. The summed E-state index contributed by atoms with van der Waals surface area (Å²) in [4.78, 5) is 11.9. The summed E-state index contributed by atoms with van der Waals surface area (Å²) in [6.07, 6.45) is -0.215. The molecule has 0 saturated carbocycles. The van der Waals surface area contributed by atoms with Crippen molar-refractivity contribution in [2.45, 2.75) is 26.9 Å². The molecule has 1 aliphatic heterocycles. The molecule has 0 aliphatic carbocycles. The highest BCUT2D eigenvalue weighted by molar-refractivity contribution is 5.92. The van der Waals surface area contributed by atoms with Crippen LogP contribution in [0.25, 0.3) is 0 Å². The highest BCUT2D eigenvalue weighted by Crippen LogP contribution is 2.29. The number of para-hydroxylation sites is 1. The molecule has 0 radical (unpaired) electrons. The molecular formula is C13H16O3. The van der Waals surface area contributed by atoms with E-state index in [0.29, 0.717) is 17.9 Å². The van der Waals surface area contributed by atoms with Crippen molar-refractivity contribution in [2.24, 2.45) is 5.41 Å². The van der Waals surface area contributed by atoms with E-state index in [1.54, 1.807) is 18.2 Å². The molecule has 0 bridgehead atoms. The molecule has 1 atom stereocenters. The Labute approximate surface area is 95.4 Å². The normalized spacial score (nSPS) is 20.4. The second-order valence-electron chi connectivity index (χ2n) is 5.07. The summed E-state index contributed by atoms with van der Waals surface area (Å²) in [5.41, 5.74) is 0.395. The molecule has 1 heterocycles. The van der Waals surface area contributed by atoms with E-state index in [-0.39, 0.29) is 17.5 Å². The topological polar surface area (TPSA) is 35.5 Å². The maximum absolute atomic E-state index is 11.9. The average Bonchev–Trinajstić information content (AvgIpc) is 2.38. The number of carbonyl (C=O) groups excluding carboxylic acids is 1. The van der Waals surface area contributed by atoms with Crippen LogP contribution in [-0.2, 0) is 4.74 Å². The minimum atomic E-state index is -0.298. The van der Waals surface area contributed by atoms with Crippen LogP contribution in [0.15, 0.2) is 24.3 Å². The quantitative estimate of drug-likeness (QED) is 0.630. The minimum absolute atomic E-state index is 0.113. The molecule has 0 spiro atoms. The average molecular weight is 220 g/mol. The fraction of sp³-hybridized carbons (Fsp3) is 0.462. The fourth-order valence-electron chi connectivity index (χ4n) is 1.58. The summed E-state index contributed by atoms with van der Waals surface area (Å²) >= 11 is 0. The van der Waals surface area contributed by atoms with Crippen molar-refractivity contribution >= 4 is 5.97 Å². The first-order valence-corrected chi connectivity index (χ1v) is 5.41. The van der Waals surface area contributed by atoms with E-state index in [1.165, 1.54) is 0 Å². The molecule has 1 aromatic rings. The van der Waals surface area contributed by atoms with Crippen LogP contribution in [0.4, 0.5) is 0 Å². The van der Waals surface area contributed by atoms with Gasteiger partial charge in [0.1, 0.15) is 24.0 Å². The number of fused-ring (bicyclic) bond motifs is 1. The molecule has 3 heteroatoms. The molecule has 2 rings (SSSR count). The van der Waals surface area contributed by atoms with E-state index < -0.39 is 0 Å². The van der Waals surface area contributed by atoms with Crippen LogP contribution >= 0.6 is 0 Å². The van der Waals surface area contributed by atoms with Crippen molar-refractivity contribution in [3.8, 4) is 5.75 Å². The highest BCUT2D eigenvalue weighted by Gasteiger charge is 2.32. The smallest absolute Gasteiger partial charge is 0.342 e. The van der Waals surface area contributed by atoms with Crippen LogP contribution in [0.1, 0.15) is 31.1 Å². The Hall–Kier alpha value is -1.51. The number of hydrogen-bond donors (Lipinski definition) is 0. The first-order chi connectivity index (χ1) is 7.48. The summed E-state index contributed by atoms with van der Waals surface area (Å²) in [5.74, 6) is 0.312. The minimum Gasteiger partial charge on any atom is -0.489 e. The van der Waals surface area contributed by atoms with Gasteiger partial charge >= 0.3 is 5.97 Å². The molecule has 1 aromatic carbocycles. The molecule has 0 saturated heterocycles. The molecule has 0 amide bonds. The third kappa shape index (κ3) is 2.03. The standard InChI is InChI=1S/C13H16O3/c1-13(2,3)11-8-15-10-7-5-4-6-9(10)12(14)16-11/h4-7,11H,8H2,1-3H3. The van der Waals surface area contributed by atoms with Gasteiger partial charge in [0, 0.05) is 5.41 Å². The van der Waals surface area contributed by atoms with Crippen molar-refractivity contribution in [3.63, 3.8) is 0 Å². The summed E-state index contributed by atoms with van der Waals surface area (Å²) < 4.78 is 11.1. The van der Waals surface area contributed by atoms with Gasteiger partial charge < -0.3 is 9.47 Å². The molecule has 0 N–H and O–H groups in total. The van der Waals surface area contributed by atoms with E-state index in [9.17, 15) is 4.79 Å². The Morgan fingerprint density at radius 3 is 2.62 bits per heavy atom. The molecule has 0 fully saturated rings. The Morgan fingerprint density at radius 2 is 1.94 bits per heavy atom. The Kier molecular flexibility index (Phi) is 2.62. The van der Waals surface area contributed by atoms with Gasteiger partial charge in [-0.2, -0.15) is 0 Å². The van der Waals surface area contributed by atoms with E-state index in [2.05, 4.69) is 0 Å². The van der Waals surface area contributed by atoms with E-state index in [0.717, 1.165) is 0 Å². The monoisotopic (exact) mass is 220 g/mol. The molecule has 86 valence electrons. The highest BCUT2D eigenvalue weighted by atomic mass is 16.6. The van der Waals surface area contributed by atoms with Crippen molar-refractivity contribution in [1.29, 1.82) is 0 Å². The van der Waals surface area contributed by atoms with Crippen LogP contribution in [-0.4, -0.2) is 18.7 Å². The number of carbonyl (C=O) groups is 1. The molecule has 16 heavy (non-hydrogen) atoms. The van der Waals surface area contributed by atoms with Gasteiger partial charge in [-0.25, -0.2) is 4.79 Å². The lowest BCUT2D eigenvalue weighted by atomic mass is 9.89. The number of cyclic esters (lactones) is 1. The Bertz CT molecular complexity index is 404. The lowest BCUT2D eigenvalue weighted by molar-refractivity contribution is -0.0147. The van der Waals surface area contributed by atoms with E-state index >= 15 is 0 Å². The molecule has 1 aliphatic rings. The number of ether oxygens (including phenoxy) is 2. The molecular weight excluding hydrogens is 204 g/mol. The number of benzene rings is 1. The number of rotatable bonds is 0. The molecule has 3 nitrogen and oxygen atoms in total. The molecule has 0 aromatic heterocycles.